The summed E-state index contributed by atoms with van der Waals surface area (Å²) in [6, 6.07) is 15.6. The van der Waals surface area contributed by atoms with Crippen molar-refractivity contribution in [3.05, 3.63) is 59.7 Å². The smallest absolute Gasteiger partial charge is 0.221 e. The lowest BCUT2D eigenvalue weighted by Crippen LogP contribution is -2.16. The molecule has 23 heavy (non-hydrogen) atoms. The van der Waals surface area contributed by atoms with E-state index in [4.69, 9.17) is 0 Å². The monoisotopic (exact) mass is 325 g/mol. The molecule has 1 atom stereocenters. The Kier molecular flexibility index (Phi) is 4.82. The van der Waals surface area contributed by atoms with Crippen LogP contribution in [0, 0.1) is 0 Å². The molecule has 1 N–H and O–H groups in total. The summed E-state index contributed by atoms with van der Waals surface area (Å²) in [4.78, 5) is 24.9. The van der Waals surface area contributed by atoms with Gasteiger partial charge in [0, 0.05) is 23.1 Å². The molecule has 0 aromatic heterocycles. The Morgan fingerprint density at radius 3 is 2.61 bits per heavy atom. The molecular formula is C19H19NO2S. The minimum atomic E-state index is -0.0824. The van der Waals surface area contributed by atoms with E-state index in [2.05, 4.69) is 11.4 Å². The van der Waals surface area contributed by atoms with Gasteiger partial charge in [-0.1, -0.05) is 24.3 Å². The van der Waals surface area contributed by atoms with Crippen LogP contribution >= 0.6 is 11.8 Å². The predicted octanol–water partition coefficient (Wildman–Crippen LogP) is 4.32. The highest BCUT2D eigenvalue weighted by atomic mass is 32.2. The van der Waals surface area contributed by atoms with Crippen molar-refractivity contribution in [3.8, 4) is 0 Å². The van der Waals surface area contributed by atoms with Crippen molar-refractivity contribution < 1.29 is 9.59 Å². The maximum Gasteiger partial charge on any atom is 0.221 e. The zero-order valence-corrected chi connectivity index (χ0v) is 13.9. The molecule has 4 heteroatoms. The van der Waals surface area contributed by atoms with Gasteiger partial charge in [0.25, 0.3) is 0 Å². The number of aryl methyl sites for hydroxylation is 1. The Morgan fingerprint density at radius 2 is 1.87 bits per heavy atom. The Morgan fingerprint density at radius 1 is 1.13 bits per heavy atom. The molecule has 0 unspecified atom stereocenters. The first-order chi connectivity index (χ1) is 11.1. The fourth-order valence-electron chi connectivity index (χ4n) is 2.86. The van der Waals surface area contributed by atoms with Gasteiger partial charge in [-0.3, -0.25) is 9.59 Å². The third kappa shape index (κ3) is 3.82. The quantitative estimate of drug-likeness (QED) is 0.855. The highest BCUT2D eigenvalue weighted by Gasteiger charge is 2.25. The summed E-state index contributed by atoms with van der Waals surface area (Å²) in [7, 11) is 0. The number of hydrogen-bond acceptors (Lipinski definition) is 3. The van der Waals surface area contributed by atoms with Crippen LogP contribution in [0.15, 0.2) is 53.4 Å². The molecule has 0 heterocycles. The van der Waals surface area contributed by atoms with Crippen molar-refractivity contribution in [1.82, 2.24) is 0 Å². The topological polar surface area (TPSA) is 46.2 Å². The second-order valence-electron chi connectivity index (χ2n) is 5.73. The standard InChI is InChI=1S/C19H19NO2S/c1-13(21)20-15-9-11-16(12-10-15)23-18-8-4-6-14-5-2-3-7-17(14)19(18)22/h2-3,5,7,9-12,18H,4,6,8H2,1H3,(H,20,21)/t18-/m0/s1. The molecule has 2 aromatic carbocycles. The van der Waals surface area contributed by atoms with Crippen LogP contribution in [0.25, 0.3) is 0 Å². The van der Waals surface area contributed by atoms with Crippen LogP contribution in [0.4, 0.5) is 5.69 Å². The van der Waals surface area contributed by atoms with E-state index in [1.54, 1.807) is 11.8 Å². The van der Waals surface area contributed by atoms with Crippen LogP contribution in [0.1, 0.15) is 35.7 Å². The van der Waals surface area contributed by atoms with Crippen molar-refractivity contribution in [2.24, 2.45) is 0 Å². The number of amides is 1. The molecule has 2 aromatic rings. The first-order valence-electron chi connectivity index (χ1n) is 7.80. The van der Waals surface area contributed by atoms with Gasteiger partial charge < -0.3 is 5.32 Å². The number of ketones is 1. The molecule has 0 saturated heterocycles. The molecule has 0 bridgehead atoms. The summed E-state index contributed by atoms with van der Waals surface area (Å²) >= 11 is 1.61. The second kappa shape index (κ2) is 7.01. The Labute approximate surface area is 140 Å². The summed E-state index contributed by atoms with van der Waals surface area (Å²) in [5.41, 5.74) is 2.82. The minimum absolute atomic E-state index is 0.0368. The average molecular weight is 325 g/mol. The number of hydrogen-bond donors (Lipinski definition) is 1. The van der Waals surface area contributed by atoms with Gasteiger partial charge in [-0.2, -0.15) is 0 Å². The minimum Gasteiger partial charge on any atom is -0.326 e. The van der Waals surface area contributed by atoms with Gasteiger partial charge in [-0.15, -0.1) is 11.8 Å². The number of thioether (sulfide) groups is 1. The van der Waals surface area contributed by atoms with E-state index in [1.807, 2.05) is 42.5 Å². The molecule has 0 spiro atoms. The Hall–Kier alpha value is -2.07. The van der Waals surface area contributed by atoms with Gasteiger partial charge in [-0.05, 0) is 49.1 Å². The molecule has 118 valence electrons. The number of fused-ring (bicyclic) bond motifs is 1. The van der Waals surface area contributed by atoms with Crippen molar-refractivity contribution in [3.63, 3.8) is 0 Å². The molecule has 0 aliphatic heterocycles. The lowest BCUT2D eigenvalue weighted by Gasteiger charge is -2.13. The lowest BCUT2D eigenvalue weighted by molar-refractivity contribution is -0.114. The normalized spacial score (nSPS) is 17.3. The van der Waals surface area contributed by atoms with E-state index >= 15 is 0 Å². The van der Waals surface area contributed by atoms with E-state index < -0.39 is 0 Å². The lowest BCUT2D eigenvalue weighted by atomic mass is 10.0. The third-order valence-corrected chi connectivity index (χ3v) is 5.22. The maximum absolute atomic E-state index is 12.8. The maximum atomic E-state index is 12.8. The summed E-state index contributed by atoms with van der Waals surface area (Å²) in [5, 5.41) is 2.72. The third-order valence-electron chi connectivity index (χ3n) is 3.94. The number of carbonyl (C=O) groups is 2. The van der Waals surface area contributed by atoms with Gasteiger partial charge in [0.1, 0.15) is 0 Å². The summed E-state index contributed by atoms with van der Waals surface area (Å²) in [6.07, 6.45) is 2.90. The molecule has 0 radical (unpaired) electrons. The first kappa shape index (κ1) is 15.8. The number of Topliss-reactive ketones (excluding diaryl/α,β-unsaturated/α-hetero) is 1. The largest absolute Gasteiger partial charge is 0.326 e. The summed E-state index contributed by atoms with van der Waals surface area (Å²) in [5.74, 6) is 0.148. The van der Waals surface area contributed by atoms with Crippen LogP contribution in [-0.2, 0) is 11.2 Å². The predicted molar refractivity (Wildman–Crippen MR) is 94.1 cm³/mol. The Balaban J connectivity index is 1.75. The number of anilines is 1. The highest BCUT2D eigenvalue weighted by molar-refractivity contribution is 8.00. The van der Waals surface area contributed by atoms with E-state index in [0.29, 0.717) is 0 Å². The molecule has 3 rings (SSSR count). The number of nitrogens with one attached hydrogen (secondary N) is 1. The van der Waals surface area contributed by atoms with Gasteiger partial charge in [-0.25, -0.2) is 0 Å². The van der Waals surface area contributed by atoms with Crippen molar-refractivity contribution in [1.29, 1.82) is 0 Å². The number of carbonyl (C=O) groups excluding carboxylic acids is 2. The van der Waals surface area contributed by atoms with Crippen LogP contribution in [-0.4, -0.2) is 16.9 Å². The zero-order chi connectivity index (χ0) is 16.2. The highest BCUT2D eigenvalue weighted by Crippen LogP contribution is 2.33. The van der Waals surface area contributed by atoms with E-state index in [9.17, 15) is 9.59 Å². The van der Waals surface area contributed by atoms with Gasteiger partial charge >= 0.3 is 0 Å². The van der Waals surface area contributed by atoms with Gasteiger partial charge in [0.2, 0.25) is 5.91 Å². The number of rotatable bonds is 3. The molecule has 1 aliphatic carbocycles. The van der Waals surface area contributed by atoms with E-state index in [-0.39, 0.29) is 16.9 Å². The van der Waals surface area contributed by atoms with Gasteiger partial charge in [0.15, 0.2) is 5.78 Å². The SMILES string of the molecule is CC(=O)Nc1ccc(S[C@H]2CCCc3ccccc3C2=O)cc1. The van der Waals surface area contributed by atoms with Crippen molar-refractivity contribution >= 4 is 29.1 Å². The molecule has 0 fully saturated rings. The fraction of sp³-hybridized carbons (Fsp3) is 0.263. The molecule has 1 amide bonds. The molecule has 0 saturated carbocycles. The number of benzene rings is 2. The van der Waals surface area contributed by atoms with Crippen molar-refractivity contribution in [2.75, 3.05) is 5.32 Å². The van der Waals surface area contributed by atoms with Crippen LogP contribution in [0.2, 0.25) is 0 Å². The average Bonchev–Trinajstić information content (AvgIpc) is 2.69. The second-order valence-corrected chi connectivity index (χ2v) is 7.00. The molecule has 3 nitrogen and oxygen atoms in total. The van der Waals surface area contributed by atoms with Crippen molar-refractivity contribution in [2.45, 2.75) is 36.3 Å². The molecule has 1 aliphatic rings. The fourth-order valence-corrected chi connectivity index (χ4v) is 4.00. The summed E-state index contributed by atoms with van der Waals surface area (Å²) < 4.78 is 0. The molecular weight excluding hydrogens is 306 g/mol. The van der Waals surface area contributed by atoms with Gasteiger partial charge in [0.05, 0.1) is 5.25 Å². The van der Waals surface area contributed by atoms with Crippen LogP contribution in [0.5, 0.6) is 0 Å². The summed E-state index contributed by atoms with van der Waals surface area (Å²) in [6.45, 7) is 1.49. The Bertz CT molecular complexity index is 724. The van der Waals surface area contributed by atoms with Crippen LogP contribution in [0.3, 0.4) is 0 Å². The van der Waals surface area contributed by atoms with E-state index in [1.165, 1.54) is 12.5 Å². The zero-order valence-electron chi connectivity index (χ0n) is 13.0. The van der Waals surface area contributed by atoms with E-state index in [0.717, 1.165) is 35.4 Å². The van der Waals surface area contributed by atoms with Crippen LogP contribution < -0.4 is 5.32 Å². The first-order valence-corrected chi connectivity index (χ1v) is 8.68.